The topological polar surface area (TPSA) is 42.0 Å². The van der Waals surface area contributed by atoms with E-state index in [2.05, 4.69) is 47.9 Å². The van der Waals surface area contributed by atoms with Gasteiger partial charge in [0.15, 0.2) is 11.5 Å². The van der Waals surface area contributed by atoms with Crippen LogP contribution >= 0.6 is 0 Å². The van der Waals surface area contributed by atoms with Gasteiger partial charge in [0, 0.05) is 25.2 Å². The van der Waals surface area contributed by atoms with Crippen molar-refractivity contribution in [1.82, 2.24) is 9.80 Å². The van der Waals surface area contributed by atoms with Gasteiger partial charge in [0.1, 0.15) is 0 Å². The first kappa shape index (κ1) is 23.6. The lowest BCUT2D eigenvalue weighted by atomic mass is 9.94. The number of methoxy groups -OCH3 is 2. The number of hydrogen-bond acceptors (Lipinski definition) is 4. The fourth-order valence-electron chi connectivity index (χ4n) is 5.50. The number of carbonyl (C=O) groups is 1. The van der Waals surface area contributed by atoms with Gasteiger partial charge in [-0.3, -0.25) is 9.69 Å². The number of ether oxygens (including phenoxy) is 2. The second kappa shape index (κ2) is 10.6. The van der Waals surface area contributed by atoms with Crippen LogP contribution in [0.25, 0.3) is 0 Å². The molecule has 0 N–H and O–H groups in total. The molecule has 2 aromatic rings. The molecule has 0 radical (unpaired) electrons. The van der Waals surface area contributed by atoms with Crippen molar-refractivity contribution in [3.63, 3.8) is 0 Å². The van der Waals surface area contributed by atoms with Crippen molar-refractivity contribution in [2.24, 2.45) is 0 Å². The lowest BCUT2D eigenvalue weighted by Crippen LogP contribution is -2.54. The smallest absolute Gasteiger partial charge is 0.227 e. The van der Waals surface area contributed by atoms with E-state index in [4.69, 9.17) is 9.47 Å². The zero-order valence-electron chi connectivity index (χ0n) is 20.6. The number of hydrogen-bond donors (Lipinski definition) is 0. The van der Waals surface area contributed by atoms with Crippen molar-refractivity contribution in [3.05, 3.63) is 58.7 Å². The van der Waals surface area contributed by atoms with Crippen LogP contribution in [0, 0.1) is 6.92 Å². The minimum absolute atomic E-state index is 0.203. The van der Waals surface area contributed by atoms with Crippen LogP contribution in [0.3, 0.4) is 0 Å². The molecule has 0 aromatic heterocycles. The van der Waals surface area contributed by atoms with Crippen LogP contribution in [0.15, 0.2) is 36.4 Å². The largest absolute Gasteiger partial charge is 0.493 e. The van der Waals surface area contributed by atoms with Crippen LogP contribution in [0.5, 0.6) is 11.5 Å². The molecule has 0 bridgehead atoms. The Kier molecular flexibility index (Phi) is 7.59. The van der Waals surface area contributed by atoms with Crippen molar-refractivity contribution in [3.8, 4) is 11.5 Å². The Balaban J connectivity index is 1.46. The molecule has 0 spiro atoms. The number of amides is 1. The molecule has 2 aliphatic heterocycles. The van der Waals surface area contributed by atoms with E-state index in [9.17, 15) is 4.79 Å². The van der Waals surface area contributed by atoms with Gasteiger partial charge in [0.2, 0.25) is 5.91 Å². The van der Waals surface area contributed by atoms with E-state index in [0.29, 0.717) is 18.2 Å². The van der Waals surface area contributed by atoms with Gasteiger partial charge in [-0.25, -0.2) is 0 Å². The highest BCUT2D eigenvalue weighted by molar-refractivity contribution is 5.80. The number of nitrogens with zero attached hydrogens (tertiary/aromatic N) is 2. The maximum atomic E-state index is 13.4. The molecular formula is C28H38N2O3. The summed E-state index contributed by atoms with van der Waals surface area (Å²) in [4.78, 5) is 18.1. The van der Waals surface area contributed by atoms with Crippen LogP contribution in [0.1, 0.15) is 48.4 Å². The van der Waals surface area contributed by atoms with E-state index in [1.165, 1.54) is 29.5 Å². The van der Waals surface area contributed by atoms with E-state index in [1.807, 2.05) is 12.1 Å². The third-order valence-electron chi connectivity index (χ3n) is 7.51. The Bertz CT molecular complexity index is 956. The van der Waals surface area contributed by atoms with Crippen LogP contribution in [-0.2, 0) is 24.1 Å². The van der Waals surface area contributed by atoms with Gasteiger partial charge in [-0.2, -0.15) is 0 Å². The summed E-state index contributed by atoms with van der Waals surface area (Å²) in [6.45, 7) is 7.32. The molecule has 1 fully saturated rings. The van der Waals surface area contributed by atoms with Gasteiger partial charge >= 0.3 is 0 Å². The number of benzene rings is 2. The van der Waals surface area contributed by atoms with Gasteiger partial charge in [0.25, 0.3) is 0 Å². The summed E-state index contributed by atoms with van der Waals surface area (Å²) < 4.78 is 11.0. The number of likely N-dealkylation sites (tertiary alicyclic amines) is 1. The second-order valence-electron chi connectivity index (χ2n) is 9.57. The SMILES string of the molecule is COc1cc2c(cc1OC)CC(=O)N(C(C)C1CCCCN1CCc1ccc(C)cc1)CC2. The molecule has 0 aliphatic carbocycles. The molecule has 1 saturated heterocycles. The maximum Gasteiger partial charge on any atom is 0.227 e. The van der Waals surface area contributed by atoms with Crippen molar-refractivity contribution >= 4 is 5.91 Å². The predicted octanol–water partition coefficient (Wildman–Crippen LogP) is 4.43. The zero-order valence-corrected chi connectivity index (χ0v) is 20.6. The van der Waals surface area contributed by atoms with Gasteiger partial charge in [-0.05, 0) is 74.9 Å². The molecule has 178 valence electrons. The summed E-state index contributed by atoms with van der Waals surface area (Å²) in [6, 6.07) is 13.5. The van der Waals surface area contributed by atoms with Crippen molar-refractivity contribution in [2.45, 2.75) is 64.5 Å². The third-order valence-corrected chi connectivity index (χ3v) is 7.51. The first-order chi connectivity index (χ1) is 16.0. The lowest BCUT2D eigenvalue weighted by molar-refractivity contribution is -0.134. The highest BCUT2D eigenvalue weighted by Crippen LogP contribution is 2.33. The van der Waals surface area contributed by atoms with Crippen molar-refractivity contribution in [1.29, 1.82) is 0 Å². The Hall–Kier alpha value is -2.53. The Morgan fingerprint density at radius 3 is 2.39 bits per heavy atom. The average molecular weight is 451 g/mol. The number of piperidine rings is 1. The quantitative estimate of drug-likeness (QED) is 0.626. The molecule has 1 amide bonds. The summed E-state index contributed by atoms with van der Waals surface area (Å²) in [5.74, 6) is 1.65. The van der Waals surface area contributed by atoms with Crippen LogP contribution in [0.4, 0.5) is 0 Å². The van der Waals surface area contributed by atoms with Gasteiger partial charge in [0.05, 0.1) is 20.6 Å². The average Bonchev–Trinajstić information content (AvgIpc) is 3.00. The number of aryl methyl sites for hydroxylation is 1. The number of rotatable bonds is 7. The van der Waals surface area contributed by atoms with Crippen LogP contribution < -0.4 is 9.47 Å². The molecule has 2 atom stereocenters. The van der Waals surface area contributed by atoms with Gasteiger partial charge < -0.3 is 14.4 Å². The highest BCUT2D eigenvalue weighted by Gasteiger charge is 2.34. The summed E-state index contributed by atoms with van der Waals surface area (Å²) in [5.41, 5.74) is 4.95. The Morgan fingerprint density at radius 1 is 1.00 bits per heavy atom. The molecule has 2 aliphatic rings. The number of fused-ring (bicyclic) bond motifs is 1. The summed E-state index contributed by atoms with van der Waals surface area (Å²) >= 11 is 0. The van der Waals surface area contributed by atoms with Crippen molar-refractivity contribution in [2.75, 3.05) is 33.9 Å². The molecule has 4 rings (SSSR count). The summed E-state index contributed by atoms with van der Waals surface area (Å²) in [6.07, 6.45) is 5.98. The van der Waals surface area contributed by atoms with E-state index < -0.39 is 0 Å². The highest BCUT2D eigenvalue weighted by atomic mass is 16.5. The lowest BCUT2D eigenvalue weighted by Gasteiger charge is -2.43. The molecule has 0 saturated carbocycles. The van der Waals surface area contributed by atoms with Gasteiger partial charge in [-0.15, -0.1) is 0 Å². The molecule has 5 nitrogen and oxygen atoms in total. The van der Waals surface area contributed by atoms with E-state index in [0.717, 1.165) is 50.2 Å². The fourth-order valence-corrected chi connectivity index (χ4v) is 5.50. The molecule has 2 unspecified atom stereocenters. The van der Waals surface area contributed by atoms with Crippen LogP contribution in [-0.4, -0.2) is 61.6 Å². The number of carbonyl (C=O) groups excluding carboxylic acids is 1. The monoisotopic (exact) mass is 450 g/mol. The minimum Gasteiger partial charge on any atom is -0.493 e. The second-order valence-corrected chi connectivity index (χ2v) is 9.57. The normalized spacial score (nSPS) is 20.2. The first-order valence-corrected chi connectivity index (χ1v) is 12.3. The van der Waals surface area contributed by atoms with Gasteiger partial charge in [-0.1, -0.05) is 36.2 Å². The standard InChI is InChI=1S/C28H38N2O3/c1-20-8-10-22(11-9-20)12-15-29-14-6-5-7-25(29)21(2)30-16-13-23-17-26(32-3)27(33-4)18-24(23)19-28(30)31/h8-11,17-18,21,25H,5-7,12-16,19H2,1-4H3. The van der Waals surface area contributed by atoms with E-state index in [1.54, 1.807) is 14.2 Å². The van der Waals surface area contributed by atoms with Crippen LogP contribution in [0.2, 0.25) is 0 Å². The maximum absolute atomic E-state index is 13.4. The Labute approximate surface area is 198 Å². The summed E-state index contributed by atoms with van der Waals surface area (Å²) in [7, 11) is 3.31. The Morgan fingerprint density at radius 2 is 1.70 bits per heavy atom. The van der Waals surface area contributed by atoms with E-state index >= 15 is 0 Å². The third kappa shape index (κ3) is 5.35. The molecular weight excluding hydrogens is 412 g/mol. The zero-order chi connectivity index (χ0) is 23.4. The van der Waals surface area contributed by atoms with E-state index in [-0.39, 0.29) is 11.9 Å². The van der Waals surface area contributed by atoms with Crippen molar-refractivity contribution < 1.29 is 14.3 Å². The molecule has 2 heterocycles. The molecule has 5 heteroatoms. The summed E-state index contributed by atoms with van der Waals surface area (Å²) in [5, 5.41) is 0. The first-order valence-electron chi connectivity index (χ1n) is 12.3. The minimum atomic E-state index is 0.203. The molecule has 33 heavy (non-hydrogen) atoms. The predicted molar refractivity (Wildman–Crippen MR) is 132 cm³/mol. The fraction of sp³-hybridized carbons (Fsp3) is 0.536. The molecule has 2 aromatic carbocycles.